The summed E-state index contributed by atoms with van der Waals surface area (Å²) in [6.07, 6.45) is 0. The van der Waals surface area contributed by atoms with Gasteiger partial charge in [-0.25, -0.2) is 4.72 Å². The second kappa shape index (κ2) is 4.14. The van der Waals surface area contributed by atoms with E-state index in [-0.39, 0.29) is 11.9 Å². The van der Waals surface area contributed by atoms with Gasteiger partial charge in [-0.2, -0.15) is 12.7 Å². The van der Waals surface area contributed by atoms with Crippen LogP contribution in [0.1, 0.15) is 6.92 Å². The number of alkyl halides is 1. The van der Waals surface area contributed by atoms with Crippen LogP contribution in [0.25, 0.3) is 0 Å². The smallest absolute Gasteiger partial charge is 0.279 e. The van der Waals surface area contributed by atoms with Gasteiger partial charge in [0.25, 0.3) is 10.2 Å². The van der Waals surface area contributed by atoms with E-state index >= 15 is 0 Å². The van der Waals surface area contributed by atoms with Gasteiger partial charge in [-0.15, -0.1) is 11.6 Å². The predicted octanol–water partition coefficient (Wildman–Crippen LogP) is -1.03. The first-order valence-corrected chi connectivity index (χ1v) is 6.99. The van der Waals surface area contributed by atoms with Gasteiger partial charge in [-0.05, 0) is 6.92 Å². The van der Waals surface area contributed by atoms with E-state index in [0.717, 1.165) is 0 Å². The van der Waals surface area contributed by atoms with E-state index in [2.05, 4.69) is 4.72 Å². The molecule has 8 heteroatoms. The van der Waals surface area contributed by atoms with Crippen LogP contribution in [0.15, 0.2) is 0 Å². The maximum Gasteiger partial charge on any atom is 0.279 e. The van der Waals surface area contributed by atoms with Crippen molar-refractivity contribution in [1.29, 1.82) is 0 Å². The van der Waals surface area contributed by atoms with Crippen molar-refractivity contribution in [2.75, 3.05) is 26.2 Å². The third-order valence-corrected chi connectivity index (χ3v) is 4.71. The Morgan fingerprint density at radius 1 is 1.50 bits per heavy atom. The van der Waals surface area contributed by atoms with Gasteiger partial charge in [-0.3, -0.25) is 4.79 Å². The topological polar surface area (TPSA) is 69.7 Å². The Balaban J connectivity index is 2.06. The van der Waals surface area contributed by atoms with Crippen molar-refractivity contribution in [2.24, 2.45) is 0 Å². The average Bonchev–Trinajstić information content (AvgIpc) is 2.53. The Morgan fingerprint density at radius 3 is 2.81 bits per heavy atom. The van der Waals surface area contributed by atoms with Gasteiger partial charge < -0.3 is 4.90 Å². The zero-order chi connectivity index (χ0) is 11.9. The summed E-state index contributed by atoms with van der Waals surface area (Å²) in [5.74, 6) is -0.134. The highest BCUT2D eigenvalue weighted by molar-refractivity contribution is 7.87. The highest BCUT2D eigenvalue weighted by Crippen LogP contribution is 2.19. The number of fused-ring (bicyclic) bond motifs is 1. The minimum absolute atomic E-state index is 0.134. The Kier molecular flexibility index (Phi) is 3.13. The summed E-state index contributed by atoms with van der Waals surface area (Å²) in [7, 11) is -3.30. The highest BCUT2D eigenvalue weighted by atomic mass is 35.5. The Morgan fingerprint density at radius 2 is 2.19 bits per heavy atom. The maximum atomic E-state index is 11.7. The summed E-state index contributed by atoms with van der Waals surface area (Å²) in [6, 6.07) is -0.155. The Labute approximate surface area is 99.7 Å². The van der Waals surface area contributed by atoms with E-state index in [1.165, 1.54) is 4.31 Å². The number of hydrogen-bond donors (Lipinski definition) is 1. The number of piperazine rings is 1. The maximum absolute atomic E-state index is 11.7. The van der Waals surface area contributed by atoms with E-state index in [0.29, 0.717) is 26.2 Å². The molecule has 2 rings (SSSR count). The van der Waals surface area contributed by atoms with Crippen molar-refractivity contribution in [3.05, 3.63) is 0 Å². The minimum Gasteiger partial charge on any atom is -0.338 e. The third kappa shape index (κ3) is 2.04. The lowest BCUT2D eigenvalue weighted by atomic mass is 10.2. The SMILES string of the molecule is CC(Cl)C(=O)N1CCN2C(CNS2(=O)=O)C1. The molecule has 0 bridgehead atoms. The summed E-state index contributed by atoms with van der Waals surface area (Å²) in [4.78, 5) is 13.3. The van der Waals surface area contributed by atoms with E-state index in [4.69, 9.17) is 11.6 Å². The second-order valence-electron chi connectivity index (χ2n) is 4.02. The van der Waals surface area contributed by atoms with Crippen molar-refractivity contribution in [3.63, 3.8) is 0 Å². The lowest BCUT2D eigenvalue weighted by molar-refractivity contribution is -0.132. The summed E-state index contributed by atoms with van der Waals surface area (Å²) < 4.78 is 26.8. The molecule has 2 atom stereocenters. The van der Waals surface area contributed by atoms with Crippen LogP contribution in [0.4, 0.5) is 0 Å². The molecule has 0 aromatic heterocycles. The molecule has 2 aliphatic heterocycles. The molecular weight excluding hydrogens is 254 g/mol. The molecule has 0 radical (unpaired) electrons. The van der Waals surface area contributed by atoms with Gasteiger partial charge >= 0.3 is 0 Å². The highest BCUT2D eigenvalue weighted by Gasteiger charge is 2.41. The van der Waals surface area contributed by atoms with Crippen LogP contribution in [0.5, 0.6) is 0 Å². The minimum atomic E-state index is -3.30. The molecule has 2 saturated heterocycles. The molecule has 1 N–H and O–H groups in total. The van der Waals surface area contributed by atoms with Crippen LogP contribution in [0, 0.1) is 0 Å². The largest absolute Gasteiger partial charge is 0.338 e. The second-order valence-corrected chi connectivity index (χ2v) is 6.38. The van der Waals surface area contributed by atoms with Gasteiger partial charge in [0.05, 0.1) is 6.04 Å². The quantitative estimate of drug-likeness (QED) is 0.618. The zero-order valence-corrected chi connectivity index (χ0v) is 10.5. The van der Waals surface area contributed by atoms with Crippen molar-refractivity contribution in [1.82, 2.24) is 13.9 Å². The van der Waals surface area contributed by atoms with Crippen LogP contribution in [-0.4, -0.2) is 61.1 Å². The molecule has 0 aromatic carbocycles. The molecule has 16 heavy (non-hydrogen) atoms. The van der Waals surface area contributed by atoms with Crippen molar-refractivity contribution < 1.29 is 13.2 Å². The number of carbonyl (C=O) groups is 1. The van der Waals surface area contributed by atoms with Gasteiger partial charge in [0.1, 0.15) is 5.38 Å². The molecule has 1 amide bonds. The van der Waals surface area contributed by atoms with Crippen LogP contribution in [0.3, 0.4) is 0 Å². The normalized spacial score (nSPS) is 31.1. The fourth-order valence-corrected chi connectivity index (χ4v) is 3.62. The van der Waals surface area contributed by atoms with E-state index in [9.17, 15) is 13.2 Å². The molecule has 0 spiro atoms. The molecule has 2 fully saturated rings. The molecule has 2 aliphatic rings. The first kappa shape index (κ1) is 12.1. The van der Waals surface area contributed by atoms with Crippen molar-refractivity contribution >= 4 is 27.7 Å². The fraction of sp³-hybridized carbons (Fsp3) is 0.875. The molecule has 6 nitrogen and oxygen atoms in total. The van der Waals surface area contributed by atoms with E-state index in [1.807, 2.05) is 0 Å². The van der Waals surface area contributed by atoms with Gasteiger partial charge in [0.15, 0.2) is 0 Å². The summed E-state index contributed by atoms with van der Waals surface area (Å²) in [6.45, 7) is 3.16. The van der Waals surface area contributed by atoms with Gasteiger partial charge in [0.2, 0.25) is 5.91 Å². The lowest BCUT2D eigenvalue weighted by Gasteiger charge is -2.35. The number of nitrogens with zero attached hydrogens (tertiary/aromatic N) is 2. The van der Waals surface area contributed by atoms with Crippen molar-refractivity contribution in [3.8, 4) is 0 Å². The molecule has 0 saturated carbocycles. The fourth-order valence-electron chi connectivity index (χ4n) is 2.06. The summed E-state index contributed by atoms with van der Waals surface area (Å²) in [5, 5.41) is -0.558. The number of carbonyl (C=O) groups excluding carboxylic acids is 1. The van der Waals surface area contributed by atoms with Crippen LogP contribution in [-0.2, 0) is 15.0 Å². The van der Waals surface area contributed by atoms with Crippen LogP contribution >= 0.6 is 11.6 Å². The summed E-state index contributed by atoms with van der Waals surface area (Å²) >= 11 is 5.72. The standard InChI is InChI=1S/C8H14ClN3O3S/c1-6(9)8(13)11-2-3-12-7(5-11)4-10-16(12,14)15/h6-7,10H,2-5H2,1H3. The van der Waals surface area contributed by atoms with Gasteiger partial charge in [0, 0.05) is 26.2 Å². The predicted molar refractivity (Wildman–Crippen MR) is 59.3 cm³/mol. The first-order chi connectivity index (χ1) is 7.42. The third-order valence-electron chi connectivity index (χ3n) is 2.89. The number of nitrogens with one attached hydrogen (secondary N) is 1. The Bertz CT molecular complexity index is 397. The van der Waals surface area contributed by atoms with Gasteiger partial charge in [-0.1, -0.05) is 0 Å². The first-order valence-electron chi connectivity index (χ1n) is 5.11. The average molecular weight is 268 g/mol. The number of amides is 1. The lowest BCUT2D eigenvalue weighted by Crippen LogP contribution is -2.55. The van der Waals surface area contributed by atoms with Crippen molar-refractivity contribution in [2.45, 2.75) is 18.3 Å². The molecule has 92 valence electrons. The number of hydrogen-bond acceptors (Lipinski definition) is 3. The molecule has 2 heterocycles. The van der Waals surface area contributed by atoms with E-state index in [1.54, 1.807) is 11.8 Å². The monoisotopic (exact) mass is 267 g/mol. The molecule has 0 aliphatic carbocycles. The van der Waals surface area contributed by atoms with Crippen LogP contribution in [0.2, 0.25) is 0 Å². The number of halogens is 1. The van der Waals surface area contributed by atoms with E-state index < -0.39 is 15.6 Å². The summed E-state index contributed by atoms with van der Waals surface area (Å²) in [5.41, 5.74) is 0. The number of rotatable bonds is 1. The zero-order valence-electron chi connectivity index (χ0n) is 8.89. The molecular formula is C8H14ClN3O3S. The molecule has 0 aromatic rings. The molecule has 2 unspecified atom stereocenters. The van der Waals surface area contributed by atoms with Crippen LogP contribution < -0.4 is 4.72 Å². The Hall–Kier alpha value is -0.370.